The molecule has 0 saturated carbocycles. The molecule has 1 saturated heterocycles. The summed E-state index contributed by atoms with van der Waals surface area (Å²) >= 11 is 0. The minimum absolute atomic E-state index is 0.0152. The summed E-state index contributed by atoms with van der Waals surface area (Å²) in [5, 5.41) is 0. The molecule has 0 N–H and O–H groups in total. The smallest absolute Gasteiger partial charge is 0.257 e. The molecule has 2 aliphatic heterocycles. The van der Waals surface area contributed by atoms with Gasteiger partial charge in [0.1, 0.15) is 17.4 Å². The zero-order valence-electron chi connectivity index (χ0n) is 19.6. The van der Waals surface area contributed by atoms with E-state index in [1.54, 1.807) is 0 Å². The molecule has 0 atom stereocenters. The molecule has 2 aromatic carbocycles. The third-order valence-electron chi connectivity index (χ3n) is 6.63. The highest BCUT2D eigenvalue weighted by molar-refractivity contribution is 5.94. The maximum atomic E-state index is 14.3. The molecule has 6 nitrogen and oxygen atoms in total. The van der Waals surface area contributed by atoms with E-state index in [0.717, 1.165) is 50.2 Å². The number of rotatable bonds is 4. The highest BCUT2D eigenvalue weighted by Gasteiger charge is 2.30. The number of fused-ring (bicyclic) bond motifs is 1. The number of amides is 1. The minimum atomic E-state index is -1.07. The monoisotopic (exact) mass is 500 g/mol. The molecule has 3 heterocycles. The number of piperidine rings is 1. The van der Waals surface area contributed by atoms with E-state index in [4.69, 9.17) is 9.72 Å². The number of hydrogen-bond donors (Lipinski definition) is 0. The molecule has 3 aromatic rings. The number of benzene rings is 2. The van der Waals surface area contributed by atoms with Crippen LogP contribution in [0.15, 0.2) is 36.4 Å². The van der Waals surface area contributed by atoms with Crippen molar-refractivity contribution >= 4 is 11.9 Å². The normalized spacial score (nSPS) is 16.1. The van der Waals surface area contributed by atoms with Crippen molar-refractivity contribution in [3.8, 4) is 11.6 Å². The van der Waals surface area contributed by atoms with Crippen LogP contribution in [0.3, 0.4) is 0 Å². The molecule has 1 amide bonds. The number of nitrogens with zero attached hydrogens (tertiary/aromatic N) is 4. The van der Waals surface area contributed by atoms with E-state index in [1.165, 1.54) is 11.0 Å². The van der Waals surface area contributed by atoms with Gasteiger partial charge in [0.25, 0.3) is 5.91 Å². The van der Waals surface area contributed by atoms with Crippen LogP contribution in [0.1, 0.15) is 41.4 Å². The second-order valence-corrected chi connectivity index (χ2v) is 9.20. The minimum Gasteiger partial charge on any atom is -0.438 e. The number of carbonyl (C=O) groups is 1. The summed E-state index contributed by atoms with van der Waals surface area (Å²) < 4.78 is 60.8. The lowest BCUT2D eigenvalue weighted by Gasteiger charge is -2.33. The topological polar surface area (TPSA) is 58.6 Å². The molecule has 1 fully saturated rings. The van der Waals surface area contributed by atoms with Gasteiger partial charge in [-0.25, -0.2) is 22.5 Å². The van der Waals surface area contributed by atoms with Crippen molar-refractivity contribution in [3.63, 3.8) is 0 Å². The first-order valence-corrected chi connectivity index (χ1v) is 11.8. The standard InChI is InChI=1S/C26H24F4N4O2/c1-15-6-9-33(10-7-15)26-31-23-8-11-34(25(35)18-4-2-16(27)12-21(18)29)14-19(23)24(32-26)36-17-3-5-20(28)22(30)13-17/h2-5,12-13,15H,6-11,14H2,1H3. The Morgan fingerprint density at radius 3 is 2.44 bits per heavy atom. The van der Waals surface area contributed by atoms with E-state index < -0.39 is 29.2 Å². The van der Waals surface area contributed by atoms with Gasteiger partial charge in [0, 0.05) is 38.2 Å². The fourth-order valence-corrected chi connectivity index (χ4v) is 4.46. The largest absolute Gasteiger partial charge is 0.438 e. The van der Waals surface area contributed by atoms with Crippen LogP contribution in [-0.2, 0) is 13.0 Å². The molecule has 1 aromatic heterocycles. The van der Waals surface area contributed by atoms with Crippen LogP contribution < -0.4 is 9.64 Å². The highest BCUT2D eigenvalue weighted by atomic mass is 19.2. The number of ether oxygens (including phenoxy) is 1. The van der Waals surface area contributed by atoms with E-state index in [9.17, 15) is 22.4 Å². The van der Waals surface area contributed by atoms with Crippen molar-refractivity contribution in [2.75, 3.05) is 24.5 Å². The Morgan fingerprint density at radius 2 is 1.72 bits per heavy atom. The number of carbonyl (C=O) groups excluding carboxylic acids is 1. The number of aromatic nitrogens is 2. The Hall–Kier alpha value is -3.69. The van der Waals surface area contributed by atoms with Crippen LogP contribution in [0.4, 0.5) is 23.5 Å². The van der Waals surface area contributed by atoms with Gasteiger partial charge in [0.2, 0.25) is 11.8 Å². The molecule has 0 radical (unpaired) electrons. The van der Waals surface area contributed by atoms with E-state index in [1.807, 2.05) is 0 Å². The molecule has 0 spiro atoms. The Balaban J connectivity index is 1.49. The molecule has 188 valence electrons. The van der Waals surface area contributed by atoms with Crippen LogP contribution >= 0.6 is 0 Å². The molecule has 36 heavy (non-hydrogen) atoms. The van der Waals surface area contributed by atoms with Crippen molar-refractivity contribution in [1.29, 1.82) is 0 Å². The zero-order chi connectivity index (χ0) is 25.4. The Bertz CT molecular complexity index is 1310. The molecule has 2 aliphatic rings. The summed E-state index contributed by atoms with van der Waals surface area (Å²) in [4.78, 5) is 25.8. The molecule has 0 unspecified atom stereocenters. The first kappa shape index (κ1) is 24.0. The van der Waals surface area contributed by atoms with Crippen LogP contribution in [0.5, 0.6) is 11.6 Å². The van der Waals surface area contributed by atoms with Crippen molar-refractivity contribution in [2.45, 2.75) is 32.7 Å². The first-order chi connectivity index (χ1) is 17.3. The Morgan fingerprint density at radius 1 is 0.944 bits per heavy atom. The number of anilines is 1. The fourth-order valence-electron chi connectivity index (χ4n) is 4.46. The third-order valence-corrected chi connectivity index (χ3v) is 6.63. The van der Waals surface area contributed by atoms with Crippen molar-refractivity contribution in [1.82, 2.24) is 14.9 Å². The van der Waals surface area contributed by atoms with E-state index >= 15 is 0 Å². The second kappa shape index (κ2) is 9.75. The molecular weight excluding hydrogens is 476 g/mol. The van der Waals surface area contributed by atoms with E-state index in [0.29, 0.717) is 35.6 Å². The first-order valence-electron chi connectivity index (χ1n) is 11.8. The quantitative estimate of drug-likeness (QED) is 0.458. The lowest BCUT2D eigenvalue weighted by molar-refractivity contribution is 0.0727. The Kier molecular flexibility index (Phi) is 6.51. The van der Waals surface area contributed by atoms with Gasteiger partial charge in [-0.2, -0.15) is 4.98 Å². The summed E-state index contributed by atoms with van der Waals surface area (Å²) in [6.07, 6.45) is 2.34. The van der Waals surface area contributed by atoms with Crippen LogP contribution in [-0.4, -0.2) is 40.4 Å². The van der Waals surface area contributed by atoms with Gasteiger partial charge in [-0.1, -0.05) is 6.92 Å². The van der Waals surface area contributed by atoms with Crippen LogP contribution in [0, 0.1) is 29.2 Å². The number of halogens is 4. The summed E-state index contributed by atoms with van der Waals surface area (Å²) in [7, 11) is 0. The highest BCUT2D eigenvalue weighted by Crippen LogP contribution is 2.33. The predicted octanol–water partition coefficient (Wildman–Crippen LogP) is 5.26. The number of hydrogen-bond acceptors (Lipinski definition) is 5. The molecule has 0 bridgehead atoms. The van der Waals surface area contributed by atoms with Gasteiger partial charge >= 0.3 is 0 Å². The van der Waals surface area contributed by atoms with Crippen LogP contribution in [0.25, 0.3) is 0 Å². The Labute approximate surface area is 205 Å². The average Bonchev–Trinajstić information content (AvgIpc) is 2.86. The summed E-state index contributed by atoms with van der Waals surface area (Å²) in [5.41, 5.74) is 0.915. The fraction of sp³-hybridized carbons (Fsp3) is 0.346. The maximum absolute atomic E-state index is 14.3. The predicted molar refractivity (Wildman–Crippen MR) is 124 cm³/mol. The van der Waals surface area contributed by atoms with E-state index in [2.05, 4.69) is 16.8 Å². The average molecular weight is 500 g/mol. The second-order valence-electron chi connectivity index (χ2n) is 9.20. The van der Waals surface area contributed by atoms with Crippen molar-refractivity contribution in [2.24, 2.45) is 5.92 Å². The molecular formula is C26H24F4N4O2. The van der Waals surface area contributed by atoms with E-state index in [-0.39, 0.29) is 30.3 Å². The van der Waals surface area contributed by atoms with Crippen LogP contribution in [0.2, 0.25) is 0 Å². The lowest BCUT2D eigenvalue weighted by atomic mass is 9.99. The molecule has 10 heteroatoms. The van der Waals surface area contributed by atoms with Gasteiger partial charge in [0.15, 0.2) is 11.6 Å². The zero-order valence-corrected chi connectivity index (χ0v) is 19.6. The summed E-state index contributed by atoms with van der Waals surface area (Å²) in [6.45, 7) is 4.03. The molecule has 5 rings (SSSR count). The third kappa shape index (κ3) is 4.84. The van der Waals surface area contributed by atoms with Gasteiger partial charge in [-0.05, 0) is 43.0 Å². The van der Waals surface area contributed by atoms with Crippen molar-refractivity contribution in [3.05, 3.63) is 76.5 Å². The summed E-state index contributed by atoms with van der Waals surface area (Å²) in [6, 6.07) is 5.97. The molecule has 0 aliphatic carbocycles. The summed E-state index contributed by atoms with van der Waals surface area (Å²) in [5.74, 6) is -3.16. The van der Waals surface area contributed by atoms with Gasteiger partial charge < -0.3 is 14.5 Å². The maximum Gasteiger partial charge on any atom is 0.257 e. The lowest BCUT2D eigenvalue weighted by Crippen LogP contribution is -2.38. The van der Waals surface area contributed by atoms with Gasteiger partial charge in [-0.15, -0.1) is 0 Å². The van der Waals surface area contributed by atoms with Crippen molar-refractivity contribution < 1.29 is 27.1 Å². The van der Waals surface area contributed by atoms with Gasteiger partial charge in [0.05, 0.1) is 23.4 Å². The van der Waals surface area contributed by atoms with Gasteiger partial charge in [-0.3, -0.25) is 4.79 Å². The SMILES string of the molecule is CC1CCN(c2nc3c(c(Oc4ccc(F)c(F)c4)n2)CN(C(=O)c2ccc(F)cc2F)CC3)CC1.